The van der Waals surface area contributed by atoms with E-state index in [2.05, 4.69) is 21.2 Å². The Morgan fingerprint density at radius 1 is 1.00 bits per heavy atom. The van der Waals surface area contributed by atoms with Gasteiger partial charge in [-0.05, 0) is 48.5 Å². The summed E-state index contributed by atoms with van der Waals surface area (Å²) in [4.78, 5) is 12.5. The summed E-state index contributed by atoms with van der Waals surface area (Å²) >= 11 is 8.97. The van der Waals surface area contributed by atoms with Crippen molar-refractivity contribution < 1.29 is 31.5 Å². The maximum Gasteiger partial charge on any atom is 0.264 e. The first-order valence-electron chi connectivity index (χ1n) is 9.51. The van der Waals surface area contributed by atoms with Gasteiger partial charge in [0.2, 0.25) is 5.91 Å². The quantitative estimate of drug-likeness (QED) is 0.398. The number of nitrogens with one attached hydrogen (secondary N) is 1. The molecule has 7 nitrogen and oxygen atoms in total. The lowest BCUT2D eigenvalue weighted by atomic mass is 10.3. The van der Waals surface area contributed by atoms with Crippen molar-refractivity contribution in [3.8, 4) is 11.5 Å². The zero-order valence-corrected chi connectivity index (χ0v) is 21.0. The fourth-order valence-electron chi connectivity index (χ4n) is 2.97. The van der Waals surface area contributed by atoms with Crippen LogP contribution in [0.5, 0.6) is 11.5 Å². The summed E-state index contributed by atoms with van der Waals surface area (Å²) < 4.78 is 66.4. The number of anilines is 2. The van der Waals surface area contributed by atoms with Crippen LogP contribution in [0.4, 0.5) is 20.2 Å². The van der Waals surface area contributed by atoms with Gasteiger partial charge in [0.05, 0.1) is 35.5 Å². The third-order valence-corrected chi connectivity index (χ3v) is 7.18. The van der Waals surface area contributed by atoms with Crippen LogP contribution in [0.25, 0.3) is 0 Å². The van der Waals surface area contributed by atoms with Crippen molar-refractivity contribution in [1.82, 2.24) is 0 Å². The van der Waals surface area contributed by atoms with Crippen molar-refractivity contribution >= 4 is 54.8 Å². The average Bonchev–Trinajstić information content (AvgIpc) is 2.80. The third-order valence-electron chi connectivity index (χ3n) is 4.63. The van der Waals surface area contributed by atoms with E-state index in [4.69, 9.17) is 21.1 Å². The molecule has 34 heavy (non-hydrogen) atoms. The molecule has 3 rings (SSSR count). The molecule has 0 saturated heterocycles. The van der Waals surface area contributed by atoms with Gasteiger partial charge in [0, 0.05) is 10.5 Å². The smallest absolute Gasteiger partial charge is 0.264 e. The number of sulfonamides is 1. The summed E-state index contributed by atoms with van der Waals surface area (Å²) in [6.45, 7) is -0.756. The minimum absolute atomic E-state index is 0.0763. The molecule has 1 amide bonds. The standard InChI is InChI=1S/C22H18BrClF2N2O5S/c1-32-20-8-5-15(11-21(20)33-2)34(30,31)28(14-4-6-17(25)16(24)10-14)12-22(29)27-19-7-3-13(23)9-18(19)26/h3-11H,12H2,1-2H3,(H,27,29). The van der Waals surface area contributed by atoms with Crippen LogP contribution in [0.15, 0.2) is 64.0 Å². The summed E-state index contributed by atoms with van der Waals surface area (Å²) in [6, 6.07) is 11.1. The predicted octanol–water partition coefficient (Wildman–Crippen LogP) is 5.23. The fraction of sp³-hybridized carbons (Fsp3) is 0.136. The summed E-state index contributed by atoms with van der Waals surface area (Å²) in [5.41, 5.74) is -0.221. The number of benzene rings is 3. The van der Waals surface area contributed by atoms with Crippen LogP contribution in [-0.4, -0.2) is 35.1 Å². The molecule has 0 unspecified atom stereocenters. The number of carbonyl (C=O) groups is 1. The SMILES string of the molecule is COc1ccc(S(=O)(=O)N(CC(=O)Nc2ccc(Br)cc2F)c2ccc(F)c(Cl)c2)cc1OC. The van der Waals surface area contributed by atoms with Gasteiger partial charge >= 0.3 is 0 Å². The highest BCUT2D eigenvalue weighted by Gasteiger charge is 2.29. The largest absolute Gasteiger partial charge is 0.493 e. The molecule has 1 N–H and O–H groups in total. The highest BCUT2D eigenvalue weighted by atomic mass is 79.9. The third kappa shape index (κ3) is 5.60. The van der Waals surface area contributed by atoms with Crippen molar-refractivity contribution in [1.29, 1.82) is 0 Å². The first kappa shape index (κ1) is 25.7. The van der Waals surface area contributed by atoms with Crippen molar-refractivity contribution in [2.24, 2.45) is 0 Å². The maximum atomic E-state index is 14.2. The number of nitrogens with zero attached hydrogens (tertiary/aromatic N) is 1. The Morgan fingerprint density at radius 3 is 2.32 bits per heavy atom. The Bertz CT molecular complexity index is 1340. The first-order chi connectivity index (χ1) is 16.1. The second-order valence-electron chi connectivity index (χ2n) is 6.80. The second kappa shape index (κ2) is 10.6. The molecular formula is C22H18BrClF2N2O5S. The van der Waals surface area contributed by atoms with Crippen LogP contribution in [0.2, 0.25) is 5.02 Å². The molecule has 0 fully saturated rings. The van der Waals surface area contributed by atoms with Gasteiger partial charge in [-0.15, -0.1) is 0 Å². The molecule has 0 spiro atoms. The molecule has 0 aliphatic rings. The van der Waals surface area contributed by atoms with E-state index < -0.39 is 34.1 Å². The zero-order chi connectivity index (χ0) is 25.0. The molecule has 180 valence electrons. The van der Waals surface area contributed by atoms with Crippen LogP contribution in [0.3, 0.4) is 0 Å². The Hall–Kier alpha value is -2.89. The van der Waals surface area contributed by atoms with E-state index in [1.54, 1.807) is 0 Å². The van der Waals surface area contributed by atoms with E-state index in [0.717, 1.165) is 28.6 Å². The highest BCUT2D eigenvalue weighted by molar-refractivity contribution is 9.10. The normalized spacial score (nSPS) is 11.1. The number of methoxy groups -OCH3 is 2. The van der Waals surface area contributed by atoms with E-state index in [1.165, 1.54) is 44.6 Å². The molecule has 0 aliphatic heterocycles. The molecule has 0 atom stereocenters. The molecule has 3 aromatic carbocycles. The van der Waals surface area contributed by atoms with E-state index in [-0.39, 0.29) is 27.0 Å². The van der Waals surface area contributed by atoms with E-state index >= 15 is 0 Å². The van der Waals surface area contributed by atoms with Gasteiger partial charge in [-0.3, -0.25) is 9.10 Å². The van der Waals surface area contributed by atoms with Gasteiger partial charge in [0.25, 0.3) is 10.0 Å². The lowest BCUT2D eigenvalue weighted by Crippen LogP contribution is -2.38. The lowest BCUT2D eigenvalue weighted by Gasteiger charge is -2.25. The predicted molar refractivity (Wildman–Crippen MR) is 128 cm³/mol. The van der Waals surface area contributed by atoms with Crippen molar-refractivity contribution in [3.63, 3.8) is 0 Å². The van der Waals surface area contributed by atoms with Crippen molar-refractivity contribution in [2.75, 3.05) is 30.4 Å². The Morgan fingerprint density at radius 2 is 1.71 bits per heavy atom. The number of rotatable bonds is 8. The lowest BCUT2D eigenvalue weighted by molar-refractivity contribution is -0.114. The first-order valence-corrected chi connectivity index (χ1v) is 12.1. The molecule has 0 bridgehead atoms. The monoisotopic (exact) mass is 574 g/mol. The molecule has 3 aromatic rings. The number of hydrogen-bond acceptors (Lipinski definition) is 5. The number of ether oxygens (including phenoxy) is 2. The maximum absolute atomic E-state index is 14.2. The zero-order valence-electron chi connectivity index (χ0n) is 17.8. The van der Waals surface area contributed by atoms with Gasteiger partial charge in [-0.2, -0.15) is 0 Å². The topological polar surface area (TPSA) is 84.9 Å². The van der Waals surface area contributed by atoms with E-state index in [9.17, 15) is 22.0 Å². The molecule has 0 saturated carbocycles. The summed E-state index contributed by atoms with van der Waals surface area (Å²) in [5, 5.41) is 1.99. The second-order valence-corrected chi connectivity index (χ2v) is 9.98. The summed E-state index contributed by atoms with van der Waals surface area (Å²) in [6.07, 6.45) is 0. The Labute approximate surface area is 208 Å². The van der Waals surface area contributed by atoms with Crippen LogP contribution < -0.4 is 19.1 Å². The Balaban J connectivity index is 2.03. The van der Waals surface area contributed by atoms with E-state index in [0.29, 0.717) is 10.2 Å². The summed E-state index contributed by atoms with van der Waals surface area (Å²) in [5.74, 6) is -1.90. The van der Waals surface area contributed by atoms with Crippen LogP contribution in [0, 0.1) is 11.6 Å². The summed E-state index contributed by atoms with van der Waals surface area (Å²) in [7, 11) is -1.66. The van der Waals surface area contributed by atoms with Crippen LogP contribution >= 0.6 is 27.5 Å². The molecule has 0 heterocycles. The van der Waals surface area contributed by atoms with Gasteiger partial charge in [0.15, 0.2) is 11.5 Å². The minimum atomic E-state index is -4.39. The van der Waals surface area contributed by atoms with Gasteiger partial charge in [0.1, 0.15) is 18.2 Å². The molecule has 0 radical (unpaired) electrons. The van der Waals surface area contributed by atoms with Crippen LogP contribution in [0.1, 0.15) is 0 Å². The number of carbonyl (C=O) groups excluding carboxylic acids is 1. The van der Waals surface area contributed by atoms with Crippen molar-refractivity contribution in [2.45, 2.75) is 4.90 Å². The molecular weight excluding hydrogens is 558 g/mol. The minimum Gasteiger partial charge on any atom is -0.493 e. The number of hydrogen-bond donors (Lipinski definition) is 1. The number of amides is 1. The Kier molecular flexibility index (Phi) is 8.01. The highest BCUT2D eigenvalue weighted by Crippen LogP contribution is 2.33. The fourth-order valence-corrected chi connectivity index (χ4v) is 4.91. The van der Waals surface area contributed by atoms with Gasteiger partial charge in [-0.25, -0.2) is 17.2 Å². The van der Waals surface area contributed by atoms with Gasteiger partial charge < -0.3 is 14.8 Å². The van der Waals surface area contributed by atoms with Crippen LogP contribution in [-0.2, 0) is 14.8 Å². The number of halogens is 4. The molecule has 0 aromatic heterocycles. The van der Waals surface area contributed by atoms with E-state index in [1.807, 2.05) is 0 Å². The van der Waals surface area contributed by atoms with Crippen molar-refractivity contribution in [3.05, 3.63) is 75.7 Å². The molecule has 12 heteroatoms. The van der Waals surface area contributed by atoms with Gasteiger partial charge in [-0.1, -0.05) is 27.5 Å². The average molecular weight is 576 g/mol. The molecule has 0 aliphatic carbocycles.